The monoisotopic (exact) mass is 269 g/mol. The molecule has 1 aromatic rings. The first-order chi connectivity index (χ1) is 8.66. The van der Waals surface area contributed by atoms with Crippen molar-refractivity contribution in [2.45, 2.75) is 12.8 Å². The summed E-state index contributed by atoms with van der Waals surface area (Å²) in [7, 11) is 0. The van der Waals surface area contributed by atoms with Gasteiger partial charge in [0.15, 0.2) is 0 Å². The van der Waals surface area contributed by atoms with Gasteiger partial charge in [0.2, 0.25) is 0 Å². The molecule has 0 atom stereocenters. The molecule has 0 bridgehead atoms. The van der Waals surface area contributed by atoms with E-state index in [0.29, 0.717) is 18.3 Å². The minimum atomic E-state index is -0.438. The predicted octanol–water partition coefficient (Wildman–Crippen LogP) is 2.27. The minimum absolute atomic E-state index is 0.0588. The van der Waals surface area contributed by atoms with E-state index in [4.69, 9.17) is 27.4 Å². The second-order valence-electron chi connectivity index (χ2n) is 4.37. The van der Waals surface area contributed by atoms with Crippen LogP contribution in [-0.2, 0) is 4.74 Å². The van der Waals surface area contributed by atoms with Gasteiger partial charge in [-0.1, -0.05) is 12.2 Å². The number of ether oxygens (including phenoxy) is 2. The van der Waals surface area contributed by atoms with E-state index in [2.05, 4.69) is 0 Å². The van der Waals surface area contributed by atoms with Crippen LogP contribution in [0.15, 0.2) is 18.2 Å². The van der Waals surface area contributed by atoms with Crippen LogP contribution in [0.3, 0.4) is 0 Å². The molecule has 1 aliphatic heterocycles. The van der Waals surface area contributed by atoms with Crippen LogP contribution < -0.4 is 10.5 Å². The highest BCUT2D eigenvalue weighted by Crippen LogP contribution is 2.20. The Bertz CT molecular complexity index is 433. The summed E-state index contributed by atoms with van der Waals surface area (Å²) >= 11 is 4.74. The predicted molar refractivity (Wildman–Crippen MR) is 71.3 cm³/mol. The van der Waals surface area contributed by atoms with Crippen LogP contribution in [0.4, 0.5) is 4.39 Å². The Morgan fingerprint density at radius 2 is 2.17 bits per heavy atom. The molecule has 0 saturated carbocycles. The molecule has 0 radical (unpaired) electrons. The van der Waals surface area contributed by atoms with Crippen molar-refractivity contribution in [2.75, 3.05) is 19.8 Å². The van der Waals surface area contributed by atoms with E-state index < -0.39 is 5.82 Å². The van der Waals surface area contributed by atoms with Gasteiger partial charge >= 0.3 is 0 Å². The van der Waals surface area contributed by atoms with Crippen molar-refractivity contribution < 1.29 is 13.9 Å². The maximum Gasteiger partial charge on any atom is 0.137 e. The summed E-state index contributed by atoms with van der Waals surface area (Å²) < 4.78 is 24.4. The lowest BCUT2D eigenvalue weighted by atomic mass is 10.0. The van der Waals surface area contributed by atoms with E-state index in [1.807, 2.05) is 0 Å². The van der Waals surface area contributed by atoms with Gasteiger partial charge in [-0.2, -0.15) is 0 Å². The highest BCUT2D eigenvalue weighted by atomic mass is 32.1. The molecule has 0 aliphatic carbocycles. The van der Waals surface area contributed by atoms with E-state index in [-0.39, 0.29) is 10.6 Å². The van der Waals surface area contributed by atoms with Crippen molar-refractivity contribution in [3.05, 3.63) is 29.6 Å². The number of thiocarbonyl (C=S) groups is 1. The van der Waals surface area contributed by atoms with Crippen LogP contribution in [0.1, 0.15) is 18.4 Å². The van der Waals surface area contributed by atoms with Crippen molar-refractivity contribution in [3.8, 4) is 5.75 Å². The van der Waals surface area contributed by atoms with Gasteiger partial charge in [0.25, 0.3) is 0 Å². The summed E-state index contributed by atoms with van der Waals surface area (Å²) in [5.41, 5.74) is 5.65. The third-order valence-electron chi connectivity index (χ3n) is 3.03. The standard InChI is InChI=1S/C13H16FNO2S/c14-12-7-10(1-2-11(12)13(15)18)17-8-9-3-5-16-6-4-9/h1-2,7,9H,3-6,8H2,(H2,15,18). The molecule has 1 fully saturated rings. The third-order valence-corrected chi connectivity index (χ3v) is 3.25. The highest BCUT2D eigenvalue weighted by molar-refractivity contribution is 7.80. The van der Waals surface area contributed by atoms with Gasteiger partial charge in [-0.3, -0.25) is 0 Å². The maximum absolute atomic E-state index is 13.6. The lowest BCUT2D eigenvalue weighted by Gasteiger charge is -2.22. The lowest BCUT2D eigenvalue weighted by molar-refractivity contribution is 0.0497. The Balaban J connectivity index is 1.93. The summed E-state index contributed by atoms with van der Waals surface area (Å²) in [6.07, 6.45) is 1.99. The van der Waals surface area contributed by atoms with Crippen LogP contribution in [-0.4, -0.2) is 24.8 Å². The molecular formula is C13H16FNO2S. The molecule has 1 saturated heterocycles. The van der Waals surface area contributed by atoms with E-state index in [0.717, 1.165) is 26.1 Å². The molecule has 1 heterocycles. The zero-order valence-electron chi connectivity index (χ0n) is 10.0. The van der Waals surface area contributed by atoms with Gasteiger partial charge in [-0.25, -0.2) is 4.39 Å². The smallest absolute Gasteiger partial charge is 0.137 e. The Kier molecular flexibility index (Phi) is 4.49. The van der Waals surface area contributed by atoms with Crippen LogP contribution in [0.5, 0.6) is 5.75 Å². The molecule has 98 valence electrons. The molecule has 0 unspecified atom stereocenters. The first kappa shape index (κ1) is 13.2. The summed E-state index contributed by atoms with van der Waals surface area (Å²) in [6, 6.07) is 4.57. The van der Waals surface area contributed by atoms with Gasteiger partial charge in [0, 0.05) is 24.8 Å². The molecule has 1 aromatic carbocycles. The Hall–Kier alpha value is -1.20. The average Bonchev–Trinajstić information content (AvgIpc) is 2.37. The number of rotatable bonds is 4. The molecular weight excluding hydrogens is 253 g/mol. The topological polar surface area (TPSA) is 44.5 Å². The number of halogens is 1. The van der Waals surface area contributed by atoms with Gasteiger partial charge in [-0.05, 0) is 30.9 Å². The minimum Gasteiger partial charge on any atom is -0.493 e. The second-order valence-corrected chi connectivity index (χ2v) is 4.81. The molecule has 2 rings (SSSR count). The van der Waals surface area contributed by atoms with E-state index in [9.17, 15) is 4.39 Å². The molecule has 0 spiro atoms. The third kappa shape index (κ3) is 3.40. The Morgan fingerprint density at radius 3 is 2.78 bits per heavy atom. The average molecular weight is 269 g/mol. The first-order valence-electron chi connectivity index (χ1n) is 5.96. The molecule has 5 heteroatoms. The van der Waals surface area contributed by atoms with Crippen molar-refractivity contribution in [3.63, 3.8) is 0 Å². The summed E-state index contributed by atoms with van der Waals surface area (Å²) in [5, 5.41) is 0. The van der Waals surface area contributed by atoms with Gasteiger partial charge in [0.05, 0.1) is 6.61 Å². The zero-order valence-corrected chi connectivity index (χ0v) is 10.8. The molecule has 0 amide bonds. The van der Waals surface area contributed by atoms with Crippen molar-refractivity contribution >= 4 is 17.2 Å². The van der Waals surface area contributed by atoms with E-state index in [1.165, 1.54) is 6.07 Å². The zero-order chi connectivity index (χ0) is 13.0. The summed E-state index contributed by atoms with van der Waals surface area (Å²) in [5.74, 6) is 0.558. The van der Waals surface area contributed by atoms with Gasteiger partial charge in [-0.15, -0.1) is 0 Å². The normalized spacial score (nSPS) is 16.5. The highest BCUT2D eigenvalue weighted by Gasteiger charge is 2.15. The SMILES string of the molecule is NC(=S)c1ccc(OCC2CCOCC2)cc1F. The molecule has 0 aromatic heterocycles. The largest absolute Gasteiger partial charge is 0.493 e. The fourth-order valence-electron chi connectivity index (χ4n) is 1.91. The van der Waals surface area contributed by atoms with Crippen LogP contribution in [0.25, 0.3) is 0 Å². The molecule has 3 nitrogen and oxygen atoms in total. The fourth-order valence-corrected chi connectivity index (χ4v) is 2.08. The second kappa shape index (κ2) is 6.11. The Labute approximate surface area is 111 Å². The van der Waals surface area contributed by atoms with E-state index in [1.54, 1.807) is 12.1 Å². The molecule has 18 heavy (non-hydrogen) atoms. The van der Waals surface area contributed by atoms with Crippen molar-refractivity contribution in [2.24, 2.45) is 11.7 Å². The van der Waals surface area contributed by atoms with Crippen LogP contribution >= 0.6 is 12.2 Å². The van der Waals surface area contributed by atoms with Crippen LogP contribution in [0.2, 0.25) is 0 Å². The quantitative estimate of drug-likeness (QED) is 0.852. The fraction of sp³-hybridized carbons (Fsp3) is 0.462. The Morgan fingerprint density at radius 1 is 1.44 bits per heavy atom. The summed E-state index contributed by atoms with van der Waals surface area (Å²) in [4.78, 5) is 0.0588. The lowest BCUT2D eigenvalue weighted by Crippen LogP contribution is -2.21. The number of nitrogens with two attached hydrogens (primary N) is 1. The number of benzene rings is 1. The maximum atomic E-state index is 13.6. The molecule has 2 N–H and O–H groups in total. The molecule has 1 aliphatic rings. The number of hydrogen-bond donors (Lipinski definition) is 1. The van der Waals surface area contributed by atoms with Gasteiger partial charge in [0.1, 0.15) is 16.6 Å². The number of hydrogen-bond acceptors (Lipinski definition) is 3. The van der Waals surface area contributed by atoms with Crippen LogP contribution in [0, 0.1) is 11.7 Å². The summed E-state index contributed by atoms with van der Waals surface area (Å²) in [6.45, 7) is 2.15. The van der Waals surface area contributed by atoms with Crippen molar-refractivity contribution in [1.82, 2.24) is 0 Å². The van der Waals surface area contributed by atoms with Crippen molar-refractivity contribution in [1.29, 1.82) is 0 Å². The van der Waals surface area contributed by atoms with E-state index >= 15 is 0 Å². The van der Waals surface area contributed by atoms with Gasteiger partial charge < -0.3 is 15.2 Å². The first-order valence-corrected chi connectivity index (χ1v) is 6.37.